The van der Waals surface area contributed by atoms with Gasteiger partial charge < -0.3 is 9.80 Å². The quantitative estimate of drug-likeness (QED) is 0.679. The Hall–Kier alpha value is -2.93. The van der Waals surface area contributed by atoms with Crippen molar-refractivity contribution >= 4 is 23.2 Å². The highest BCUT2D eigenvalue weighted by Gasteiger charge is 2.44. The molecule has 2 atom stereocenters. The molecule has 4 heterocycles. The number of hydrogen-bond acceptors (Lipinski definition) is 6. The van der Waals surface area contributed by atoms with Crippen molar-refractivity contribution in [3.63, 3.8) is 0 Å². The highest BCUT2D eigenvalue weighted by molar-refractivity contribution is 6.30. The van der Waals surface area contributed by atoms with E-state index < -0.39 is 0 Å². The van der Waals surface area contributed by atoms with Gasteiger partial charge in [0.25, 0.3) is 5.56 Å². The number of piperazine rings is 1. The Morgan fingerprint density at radius 3 is 2.46 bits per heavy atom. The lowest BCUT2D eigenvalue weighted by atomic mass is 10.2. The maximum Gasteiger partial charge on any atom is 0.255 e. The van der Waals surface area contributed by atoms with Crippen molar-refractivity contribution in [2.75, 3.05) is 22.9 Å². The van der Waals surface area contributed by atoms with Crippen LogP contribution in [0.5, 0.6) is 0 Å². The first kappa shape index (κ1) is 17.2. The molecule has 0 aliphatic carbocycles. The Kier molecular flexibility index (Phi) is 4.05. The third-order valence-corrected chi connectivity index (χ3v) is 5.86. The Bertz CT molecular complexity index is 1070. The number of nitrogens with zero attached hydrogens (tertiary/aromatic N) is 6. The van der Waals surface area contributed by atoms with Gasteiger partial charge >= 0.3 is 0 Å². The van der Waals surface area contributed by atoms with E-state index in [9.17, 15) is 4.79 Å². The van der Waals surface area contributed by atoms with Crippen LogP contribution in [0.25, 0.3) is 11.4 Å². The summed E-state index contributed by atoms with van der Waals surface area (Å²) < 4.78 is 1.62. The van der Waals surface area contributed by atoms with Gasteiger partial charge in [-0.05, 0) is 36.8 Å². The molecule has 2 aliphatic rings. The van der Waals surface area contributed by atoms with Gasteiger partial charge in [0.05, 0.1) is 17.4 Å². The largest absolute Gasteiger partial charge is 0.365 e. The first-order valence-electron chi connectivity index (χ1n) is 9.23. The van der Waals surface area contributed by atoms with Crippen molar-refractivity contribution in [3.8, 4) is 11.4 Å². The standard InChI is InChI=1S/C20H19ClN6O/c1-25-19(28)9-18(17-6-7-22-12-23-17)24-20(25)27-11-15-8-16(27)10-26(15)14-4-2-13(21)3-5-14/h2-7,9,12,15-16H,8,10-11H2,1H3/t15?,16-/m0/s1. The van der Waals surface area contributed by atoms with Gasteiger partial charge in [-0.25, -0.2) is 15.0 Å². The Labute approximate surface area is 167 Å². The van der Waals surface area contributed by atoms with Crippen molar-refractivity contribution in [3.05, 3.63) is 64.3 Å². The zero-order valence-electron chi connectivity index (χ0n) is 15.4. The molecule has 2 fully saturated rings. The normalized spacial score (nSPS) is 20.8. The van der Waals surface area contributed by atoms with E-state index in [2.05, 4.69) is 31.9 Å². The molecule has 2 bridgehead atoms. The molecule has 2 aromatic heterocycles. The molecule has 142 valence electrons. The van der Waals surface area contributed by atoms with Crippen molar-refractivity contribution in [1.82, 2.24) is 19.5 Å². The molecular formula is C20H19ClN6O. The van der Waals surface area contributed by atoms with Gasteiger partial charge in [-0.2, -0.15) is 0 Å². The van der Waals surface area contributed by atoms with Gasteiger partial charge in [-0.3, -0.25) is 9.36 Å². The molecule has 8 heteroatoms. The summed E-state index contributed by atoms with van der Waals surface area (Å²) in [6.45, 7) is 1.74. The number of benzene rings is 1. The molecule has 5 rings (SSSR count). The first-order valence-corrected chi connectivity index (χ1v) is 9.61. The summed E-state index contributed by atoms with van der Waals surface area (Å²) in [5, 5.41) is 0.746. The zero-order chi connectivity index (χ0) is 19.3. The predicted octanol–water partition coefficient (Wildman–Crippen LogP) is 2.36. The third kappa shape index (κ3) is 2.82. The lowest BCUT2D eigenvalue weighted by Gasteiger charge is -2.36. The smallest absolute Gasteiger partial charge is 0.255 e. The second-order valence-electron chi connectivity index (χ2n) is 7.26. The molecule has 0 saturated carbocycles. The lowest BCUT2D eigenvalue weighted by Crippen LogP contribution is -2.48. The molecule has 0 radical (unpaired) electrons. The monoisotopic (exact) mass is 394 g/mol. The molecule has 3 aromatic rings. The summed E-state index contributed by atoms with van der Waals surface area (Å²) >= 11 is 6.02. The Morgan fingerprint density at radius 2 is 1.79 bits per heavy atom. The summed E-state index contributed by atoms with van der Waals surface area (Å²) in [6.07, 6.45) is 4.18. The molecule has 0 amide bonds. The molecule has 2 aliphatic heterocycles. The van der Waals surface area contributed by atoms with Gasteiger partial charge in [0.15, 0.2) is 0 Å². The maximum atomic E-state index is 12.5. The minimum atomic E-state index is -0.0871. The van der Waals surface area contributed by atoms with E-state index >= 15 is 0 Å². The van der Waals surface area contributed by atoms with E-state index in [1.165, 1.54) is 18.1 Å². The van der Waals surface area contributed by atoms with Gasteiger partial charge in [-0.1, -0.05) is 11.6 Å². The Balaban J connectivity index is 1.45. The van der Waals surface area contributed by atoms with E-state index in [0.717, 1.165) is 24.5 Å². The van der Waals surface area contributed by atoms with Crippen LogP contribution in [0.1, 0.15) is 6.42 Å². The van der Waals surface area contributed by atoms with Gasteiger partial charge in [0, 0.05) is 49.2 Å². The predicted molar refractivity (Wildman–Crippen MR) is 109 cm³/mol. The first-order chi connectivity index (χ1) is 13.6. The van der Waals surface area contributed by atoms with Gasteiger partial charge in [0.1, 0.15) is 6.33 Å². The molecule has 0 N–H and O–H groups in total. The molecular weight excluding hydrogens is 376 g/mol. The van der Waals surface area contributed by atoms with E-state index in [1.54, 1.807) is 23.9 Å². The van der Waals surface area contributed by atoms with Crippen molar-refractivity contribution < 1.29 is 0 Å². The maximum absolute atomic E-state index is 12.5. The molecule has 7 nitrogen and oxygen atoms in total. The number of fused-ring (bicyclic) bond motifs is 2. The Morgan fingerprint density at radius 1 is 1.04 bits per heavy atom. The van der Waals surface area contributed by atoms with E-state index in [-0.39, 0.29) is 5.56 Å². The van der Waals surface area contributed by atoms with Gasteiger partial charge in [-0.15, -0.1) is 0 Å². The summed E-state index contributed by atoms with van der Waals surface area (Å²) in [4.78, 5) is 30.2. The number of anilines is 2. The van der Waals surface area contributed by atoms with Crippen LogP contribution in [-0.2, 0) is 7.05 Å². The van der Waals surface area contributed by atoms with Crippen LogP contribution in [0, 0.1) is 0 Å². The summed E-state index contributed by atoms with van der Waals surface area (Å²) in [5.74, 6) is 0.698. The van der Waals surface area contributed by atoms with Crippen LogP contribution in [0.15, 0.2) is 53.7 Å². The van der Waals surface area contributed by atoms with Crippen molar-refractivity contribution in [2.24, 2.45) is 7.05 Å². The van der Waals surface area contributed by atoms with E-state index in [0.29, 0.717) is 29.4 Å². The van der Waals surface area contributed by atoms with E-state index in [1.807, 2.05) is 12.1 Å². The summed E-state index contributed by atoms with van der Waals surface area (Å²) in [5.41, 5.74) is 2.34. The van der Waals surface area contributed by atoms with Crippen molar-refractivity contribution in [1.29, 1.82) is 0 Å². The van der Waals surface area contributed by atoms with Crippen LogP contribution in [0.3, 0.4) is 0 Å². The van der Waals surface area contributed by atoms with Crippen molar-refractivity contribution in [2.45, 2.75) is 18.5 Å². The second-order valence-corrected chi connectivity index (χ2v) is 7.69. The number of halogens is 1. The minimum absolute atomic E-state index is 0.0871. The summed E-state index contributed by atoms with van der Waals surface area (Å²) in [7, 11) is 1.78. The third-order valence-electron chi connectivity index (χ3n) is 5.61. The average Bonchev–Trinajstić information content (AvgIpc) is 3.32. The van der Waals surface area contributed by atoms with Crippen LogP contribution < -0.4 is 15.4 Å². The lowest BCUT2D eigenvalue weighted by molar-refractivity contribution is 0.614. The number of hydrogen-bond donors (Lipinski definition) is 0. The fourth-order valence-corrected chi connectivity index (χ4v) is 4.34. The molecule has 1 unspecified atom stereocenters. The fraction of sp³-hybridized carbons (Fsp3) is 0.300. The van der Waals surface area contributed by atoms with Crippen LogP contribution in [0.2, 0.25) is 5.02 Å². The average molecular weight is 395 g/mol. The highest BCUT2D eigenvalue weighted by Crippen LogP contribution is 2.37. The van der Waals surface area contributed by atoms with Crippen LogP contribution in [-0.4, -0.2) is 44.7 Å². The fourth-order valence-electron chi connectivity index (χ4n) is 4.22. The highest BCUT2D eigenvalue weighted by atomic mass is 35.5. The van der Waals surface area contributed by atoms with Gasteiger partial charge in [0.2, 0.25) is 5.95 Å². The molecule has 0 spiro atoms. The summed E-state index contributed by atoms with van der Waals surface area (Å²) in [6, 6.07) is 12.0. The minimum Gasteiger partial charge on any atom is -0.365 e. The second kappa shape index (κ2) is 6.60. The molecule has 2 saturated heterocycles. The molecule has 1 aromatic carbocycles. The van der Waals surface area contributed by atoms with Crippen LogP contribution in [0.4, 0.5) is 11.6 Å². The van der Waals surface area contributed by atoms with E-state index in [4.69, 9.17) is 16.6 Å². The van der Waals surface area contributed by atoms with Crippen LogP contribution >= 0.6 is 11.6 Å². The number of aromatic nitrogens is 4. The molecule has 28 heavy (non-hydrogen) atoms. The topological polar surface area (TPSA) is 67.2 Å². The SMILES string of the molecule is Cn1c(N2CC3C[C@H]2CN3c2ccc(Cl)cc2)nc(-c2ccncn2)cc1=O. The number of rotatable bonds is 3. The zero-order valence-corrected chi connectivity index (χ0v) is 16.1.